The maximum atomic E-state index is 11.7. The molecule has 104 valence electrons. The van der Waals surface area contributed by atoms with Crippen LogP contribution in [0, 0.1) is 0 Å². The fraction of sp³-hybridized carbons (Fsp3) is 1.00. The van der Waals surface area contributed by atoms with Gasteiger partial charge in [0.05, 0.1) is 18.0 Å². The lowest BCUT2D eigenvalue weighted by Gasteiger charge is -2.36. The topological polar surface area (TPSA) is 46.6 Å². The molecule has 0 saturated carbocycles. The summed E-state index contributed by atoms with van der Waals surface area (Å²) in [7, 11) is -3.22. The summed E-state index contributed by atoms with van der Waals surface area (Å²) in [6, 6.07) is 0. The Bertz CT molecular complexity index is 336. The summed E-state index contributed by atoms with van der Waals surface area (Å²) in [4.78, 5) is 0. The van der Waals surface area contributed by atoms with E-state index in [0.29, 0.717) is 6.54 Å². The highest BCUT2D eigenvalue weighted by Gasteiger charge is 2.31. The molecule has 0 N–H and O–H groups in total. The Hall–Kier alpha value is -0.130. The van der Waals surface area contributed by atoms with E-state index >= 15 is 0 Å². The van der Waals surface area contributed by atoms with Crippen LogP contribution in [0.5, 0.6) is 0 Å². The Morgan fingerprint density at radius 3 is 1.76 bits per heavy atom. The van der Waals surface area contributed by atoms with Gasteiger partial charge in [0.2, 0.25) is 10.0 Å². The molecule has 0 radical (unpaired) electrons. The third-order valence-corrected chi connectivity index (χ3v) is 3.62. The first-order valence-corrected chi connectivity index (χ1v) is 7.74. The fourth-order valence-corrected chi connectivity index (χ4v) is 3.26. The van der Waals surface area contributed by atoms with Gasteiger partial charge in [-0.1, -0.05) is 0 Å². The van der Waals surface area contributed by atoms with Gasteiger partial charge in [-0.05, 0) is 48.5 Å². The van der Waals surface area contributed by atoms with Crippen LogP contribution in [0.3, 0.4) is 0 Å². The first-order valence-electron chi connectivity index (χ1n) is 5.89. The third kappa shape index (κ3) is 7.01. The molecule has 0 aromatic heterocycles. The minimum Gasteiger partial charge on any atom is -0.372 e. The van der Waals surface area contributed by atoms with Crippen molar-refractivity contribution in [1.82, 2.24) is 4.31 Å². The molecule has 4 nitrogen and oxygen atoms in total. The molecule has 0 aliphatic heterocycles. The Kier molecular flexibility index (Phi) is 5.20. The quantitative estimate of drug-likeness (QED) is 0.783. The van der Waals surface area contributed by atoms with E-state index in [9.17, 15) is 8.42 Å². The fourth-order valence-electron chi connectivity index (χ4n) is 1.78. The average Bonchev–Trinajstić information content (AvgIpc) is 1.91. The van der Waals surface area contributed by atoms with Crippen molar-refractivity contribution >= 4 is 10.0 Å². The Morgan fingerprint density at radius 2 is 1.53 bits per heavy atom. The van der Waals surface area contributed by atoms with Crippen LogP contribution in [0.1, 0.15) is 48.5 Å². The van der Waals surface area contributed by atoms with E-state index in [1.165, 1.54) is 10.6 Å². The van der Waals surface area contributed by atoms with Crippen molar-refractivity contribution in [3.63, 3.8) is 0 Å². The van der Waals surface area contributed by atoms with E-state index in [0.717, 1.165) is 0 Å². The highest BCUT2D eigenvalue weighted by molar-refractivity contribution is 7.88. The molecule has 0 aliphatic rings. The number of nitrogens with zero attached hydrogens (tertiary/aromatic N) is 1. The van der Waals surface area contributed by atoms with Crippen LogP contribution in [-0.2, 0) is 14.8 Å². The van der Waals surface area contributed by atoms with Crippen LogP contribution in [0.15, 0.2) is 0 Å². The maximum absolute atomic E-state index is 11.7. The molecule has 0 aromatic carbocycles. The van der Waals surface area contributed by atoms with Crippen LogP contribution in [0.25, 0.3) is 0 Å². The van der Waals surface area contributed by atoms with Gasteiger partial charge in [0.1, 0.15) is 0 Å². The SMILES string of the molecule is CC(CN(C(C)(C)C)S(C)(=O)=O)OC(C)(C)C. The summed E-state index contributed by atoms with van der Waals surface area (Å²) >= 11 is 0. The van der Waals surface area contributed by atoms with Crippen molar-refractivity contribution in [2.45, 2.75) is 65.7 Å². The van der Waals surface area contributed by atoms with E-state index in [1.54, 1.807) is 0 Å². The molecule has 0 spiro atoms. The third-order valence-electron chi connectivity index (χ3n) is 2.13. The average molecular weight is 265 g/mol. The van der Waals surface area contributed by atoms with Gasteiger partial charge in [0.15, 0.2) is 0 Å². The molecule has 0 rings (SSSR count). The molecule has 0 heterocycles. The van der Waals surface area contributed by atoms with Gasteiger partial charge >= 0.3 is 0 Å². The van der Waals surface area contributed by atoms with Gasteiger partial charge in [-0.25, -0.2) is 8.42 Å². The van der Waals surface area contributed by atoms with Crippen LogP contribution < -0.4 is 0 Å². The second-order valence-corrected chi connectivity index (χ2v) is 8.41. The van der Waals surface area contributed by atoms with Gasteiger partial charge in [-0.2, -0.15) is 4.31 Å². The van der Waals surface area contributed by atoms with Crippen LogP contribution in [0.2, 0.25) is 0 Å². The van der Waals surface area contributed by atoms with Gasteiger partial charge in [-0.15, -0.1) is 0 Å². The summed E-state index contributed by atoms with van der Waals surface area (Å²) in [6.45, 7) is 13.8. The van der Waals surface area contributed by atoms with Gasteiger partial charge in [0.25, 0.3) is 0 Å². The summed E-state index contributed by atoms with van der Waals surface area (Å²) < 4.78 is 30.7. The van der Waals surface area contributed by atoms with Crippen molar-refractivity contribution in [3.8, 4) is 0 Å². The first-order chi connectivity index (χ1) is 7.23. The van der Waals surface area contributed by atoms with E-state index in [1.807, 2.05) is 48.5 Å². The lowest BCUT2D eigenvalue weighted by atomic mass is 10.1. The lowest BCUT2D eigenvalue weighted by molar-refractivity contribution is -0.0610. The largest absolute Gasteiger partial charge is 0.372 e. The van der Waals surface area contributed by atoms with Gasteiger partial charge in [-0.3, -0.25) is 0 Å². The van der Waals surface area contributed by atoms with E-state index < -0.39 is 15.6 Å². The van der Waals surface area contributed by atoms with Crippen molar-refractivity contribution in [2.75, 3.05) is 12.8 Å². The smallest absolute Gasteiger partial charge is 0.211 e. The highest BCUT2D eigenvalue weighted by atomic mass is 32.2. The number of rotatable bonds is 4. The van der Waals surface area contributed by atoms with Crippen molar-refractivity contribution in [1.29, 1.82) is 0 Å². The van der Waals surface area contributed by atoms with E-state index in [2.05, 4.69) is 0 Å². The van der Waals surface area contributed by atoms with Crippen molar-refractivity contribution in [2.24, 2.45) is 0 Å². The lowest BCUT2D eigenvalue weighted by Crippen LogP contribution is -2.49. The van der Waals surface area contributed by atoms with Crippen LogP contribution in [-0.4, -0.2) is 42.8 Å². The summed E-state index contributed by atoms with van der Waals surface area (Å²) in [5, 5.41) is 0. The molecule has 0 bridgehead atoms. The Balaban J connectivity index is 4.81. The maximum Gasteiger partial charge on any atom is 0.211 e. The highest BCUT2D eigenvalue weighted by Crippen LogP contribution is 2.20. The molecule has 5 heteroatoms. The monoisotopic (exact) mass is 265 g/mol. The Labute approximate surface area is 106 Å². The molecule has 0 amide bonds. The van der Waals surface area contributed by atoms with Crippen molar-refractivity contribution < 1.29 is 13.2 Å². The predicted molar refractivity (Wildman–Crippen MR) is 71.6 cm³/mol. The summed E-state index contributed by atoms with van der Waals surface area (Å²) in [5.41, 5.74) is -0.691. The molecule has 0 fully saturated rings. The van der Waals surface area contributed by atoms with Crippen LogP contribution >= 0.6 is 0 Å². The zero-order chi connectivity index (χ0) is 14.1. The zero-order valence-electron chi connectivity index (χ0n) is 12.4. The zero-order valence-corrected chi connectivity index (χ0v) is 13.2. The minimum atomic E-state index is -3.22. The molecular weight excluding hydrogens is 238 g/mol. The minimum absolute atomic E-state index is 0.135. The second kappa shape index (κ2) is 5.24. The normalized spacial score (nSPS) is 16.3. The number of ether oxygens (including phenoxy) is 1. The molecule has 0 aromatic rings. The second-order valence-electron chi connectivity index (χ2n) is 6.51. The van der Waals surface area contributed by atoms with E-state index in [4.69, 9.17) is 4.74 Å². The summed E-state index contributed by atoms with van der Waals surface area (Å²) in [5.74, 6) is 0. The van der Waals surface area contributed by atoms with Crippen molar-refractivity contribution in [3.05, 3.63) is 0 Å². The first kappa shape index (κ1) is 16.9. The molecule has 0 saturated heterocycles. The number of hydrogen-bond acceptors (Lipinski definition) is 3. The van der Waals surface area contributed by atoms with Gasteiger partial charge in [0, 0.05) is 12.1 Å². The molecule has 1 atom stereocenters. The van der Waals surface area contributed by atoms with Gasteiger partial charge < -0.3 is 4.74 Å². The molecule has 0 aliphatic carbocycles. The van der Waals surface area contributed by atoms with Crippen LogP contribution in [0.4, 0.5) is 0 Å². The molecule has 1 unspecified atom stereocenters. The predicted octanol–water partition coefficient (Wildman–Crippen LogP) is 2.25. The molecule has 17 heavy (non-hydrogen) atoms. The standard InChI is InChI=1S/C12H27NO3S/c1-10(16-12(5,6)7)9-13(11(2,3)4)17(8,14)15/h10H,9H2,1-8H3. The number of hydrogen-bond donors (Lipinski definition) is 0. The summed E-state index contributed by atoms with van der Waals surface area (Å²) in [6.07, 6.45) is 1.10. The molecular formula is C12H27NO3S. The Morgan fingerprint density at radius 1 is 1.12 bits per heavy atom. The number of sulfonamides is 1. The van der Waals surface area contributed by atoms with E-state index in [-0.39, 0.29) is 11.7 Å².